The van der Waals surface area contributed by atoms with Crippen molar-refractivity contribution in [2.24, 2.45) is 5.10 Å². The van der Waals surface area contributed by atoms with Crippen LogP contribution in [-0.4, -0.2) is 17.2 Å². The number of benzene rings is 1. The minimum absolute atomic E-state index is 0.0152. The highest BCUT2D eigenvalue weighted by atomic mass is 32.1. The standard InChI is InChI=1S/C17H20N2O2S/c1-17(2,3)13-6-7-15(20)12(9-13)11-18-19-16(21)10-14-5-4-8-22-14/h4-9,11,20H,10H2,1-3H3,(H,19,21). The largest absolute Gasteiger partial charge is 0.507 e. The number of hydrogen-bond acceptors (Lipinski definition) is 4. The highest BCUT2D eigenvalue weighted by Crippen LogP contribution is 2.26. The zero-order valence-electron chi connectivity index (χ0n) is 13.0. The number of thiophene rings is 1. The van der Waals surface area contributed by atoms with Gasteiger partial charge in [0, 0.05) is 10.4 Å². The second kappa shape index (κ2) is 6.75. The number of hydrogen-bond donors (Lipinski definition) is 2. The topological polar surface area (TPSA) is 61.7 Å². The van der Waals surface area contributed by atoms with Crippen molar-refractivity contribution in [3.63, 3.8) is 0 Å². The van der Waals surface area contributed by atoms with Gasteiger partial charge in [-0.2, -0.15) is 5.10 Å². The van der Waals surface area contributed by atoms with Crippen LogP contribution in [-0.2, 0) is 16.6 Å². The zero-order chi connectivity index (χ0) is 16.2. The second-order valence-corrected chi connectivity index (χ2v) is 7.11. The molecule has 1 aromatic carbocycles. The van der Waals surface area contributed by atoms with E-state index in [0.717, 1.165) is 10.4 Å². The van der Waals surface area contributed by atoms with E-state index in [4.69, 9.17) is 0 Å². The van der Waals surface area contributed by atoms with Gasteiger partial charge in [0.25, 0.3) is 0 Å². The highest BCUT2D eigenvalue weighted by Gasteiger charge is 2.14. The summed E-state index contributed by atoms with van der Waals surface area (Å²) in [7, 11) is 0. The van der Waals surface area contributed by atoms with Crippen molar-refractivity contribution in [1.29, 1.82) is 0 Å². The molecule has 0 bridgehead atoms. The molecule has 0 radical (unpaired) electrons. The Bertz CT molecular complexity index is 670. The molecule has 1 amide bonds. The number of aromatic hydroxyl groups is 1. The molecule has 1 aromatic heterocycles. The van der Waals surface area contributed by atoms with Crippen molar-refractivity contribution in [3.05, 3.63) is 51.7 Å². The van der Waals surface area contributed by atoms with Crippen LogP contribution in [0.5, 0.6) is 5.75 Å². The number of carbonyl (C=O) groups excluding carboxylic acids is 1. The molecule has 2 N–H and O–H groups in total. The lowest BCUT2D eigenvalue weighted by Crippen LogP contribution is -2.19. The quantitative estimate of drug-likeness (QED) is 0.670. The summed E-state index contributed by atoms with van der Waals surface area (Å²) in [5, 5.41) is 15.7. The van der Waals surface area contributed by atoms with E-state index in [9.17, 15) is 9.90 Å². The third kappa shape index (κ3) is 4.43. The molecule has 0 saturated carbocycles. The molecule has 2 rings (SSSR count). The van der Waals surface area contributed by atoms with E-state index in [1.807, 2.05) is 29.6 Å². The summed E-state index contributed by atoms with van der Waals surface area (Å²) in [6.07, 6.45) is 1.78. The summed E-state index contributed by atoms with van der Waals surface area (Å²) >= 11 is 1.54. The molecular formula is C17H20N2O2S. The second-order valence-electron chi connectivity index (χ2n) is 6.07. The first-order valence-electron chi connectivity index (χ1n) is 7.04. The molecular weight excluding hydrogens is 296 g/mol. The van der Waals surface area contributed by atoms with Gasteiger partial charge in [0.15, 0.2) is 0 Å². The summed E-state index contributed by atoms with van der Waals surface area (Å²) in [6.45, 7) is 6.30. The van der Waals surface area contributed by atoms with Crippen molar-refractivity contribution >= 4 is 23.5 Å². The van der Waals surface area contributed by atoms with Crippen LogP contribution in [0.3, 0.4) is 0 Å². The van der Waals surface area contributed by atoms with E-state index < -0.39 is 0 Å². The fourth-order valence-corrected chi connectivity index (χ4v) is 2.61. The molecule has 0 fully saturated rings. The average Bonchev–Trinajstić information content (AvgIpc) is 2.92. The van der Waals surface area contributed by atoms with Gasteiger partial charge in [-0.3, -0.25) is 4.79 Å². The molecule has 0 saturated heterocycles. The van der Waals surface area contributed by atoms with Crippen molar-refractivity contribution in [2.75, 3.05) is 0 Å². The third-order valence-electron chi connectivity index (χ3n) is 3.20. The minimum Gasteiger partial charge on any atom is -0.507 e. The van der Waals surface area contributed by atoms with E-state index in [-0.39, 0.29) is 17.1 Å². The number of nitrogens with one attached hydrogen (secondary N) is 1. The predicted octanol–water partition coefficient (Wildman–Crippen LogP) is 3.44. The summed E-state index contributed by atoms with van der Waals surface area (Å²) in [5.74, 6) is -0.0329. The summed E-state index contributed by atoms with van der Waals surface area (Å²) in [5.41, 5.74) is 4.15. The van der Waals surface area contributed by atoms with Crippen LogP contribution in [0, 0.1) is 0 Å². The van der Waals surface area contributed by atoms with Crippen molar-refractivity contribution < 1.29 is 9.90 Å². The van der Waals surface area contributed by atoms with E-state index >= 15 is 0 Å². The fraction of sp³-hybridized carbons (Fsp3) is 0.294. The Kier molecular flexibility index (Phi) is 4.98. The van der Waals surface area contributed by atoms with Gasteiger partial charge in [-0.05, 0) is 34.6 Å². The normalized spacial score (nSPS) is 11.8. The molecule has 22 heavy (non-hydrogen) atoms. The van der Waals surface area contributed by atoms with E-state index in [1.54, 1.807) is 6.07 Å². The lowest BCUT2D eigenvalue weighted by molar-refractivity contribution is -0.120. The Morgan fingerprint density at radius 1 is 1.36 bits per heavy atom. The van der Waals surface area contributed by atoms with Gasteiger partial charge in [0.1, 0.15) is 5.75 Å². The van der Waals surface area contributed by atoms with Gasteiger partial charge in [-0.25, -0.2) is 5.43 Å². The maximum absolute atomic E-state index is 11.7. The van der Waals surface area contributed by atoms with Gasteiger partial charge in [-0.1, -0.05) is 32.9 Å². The van der Waals surface area contributed by atoms with E-state index in [1.165, 1.54) is 17.6 Å². The average molecular weight is 316 g/mol. The maximum atomic E-state index is 11.7. The first kappa shape index (κ1) is 16.2. The van der Waals surface area contributed by atoms with Gasteiger partial charge in [0.2, 0.25) is 5.91 Å². The molecule has 2 aromatic rings. The third-order valence-corrected chi connectivity index (χ3v) is 4.08. The van der Waals surface area contributed by atoms with Crippen molar-refractivity contribution in [2.45, 2.75) is 32.6 Å². The Morgan fingerprint density at radius 3 is 2.77 bits per heavy atom. The van der Waals surface area contributed by atoms with E-state index in [2.05, 4.69) is 31.3 Å². The molecule has 0 aliphatic rings. The Balaban J connectivity index is 2.02. The van der Waals surface area contributed by atoms with Crippen LogP contribution in [0.4, 0.5) is 0 Å². The fourth-order valence-electron chi connectivity index (χ4n) is 1.91. The van der Waals surface area contributed by atoms with E-state index in [0.29, 0.717) is 12.0 Å². The molecule has 0 spiro atoms. The molecule has 0 unspecified atom stereocenters. The molecule has 1 heterocycles. The molecule has 0 atom stereocenters. The first-order chi connectivity index (χ1) is 10.4. The number of rotatable bonds is 4. The summed E-state index contributed by atoms with van der Waals surface area (Å²) < 4.78 is 0. The van der Waals surface area contributed by atoms with Crippen molar-refractivity contribution in [3.8, 4) is 5.75 Å². The van der Waals surface area contributed by atoms with Crippen LogP contribution in [0.15, 0.2) is 40.8 Å². The zero-order valence-corrected chi connectivity index (χ0v) is 13.8. The first-order valence-corrected chi connectivity index (χ1v) is 7.92. The van der Waals surface area contributed by atoms with Crippen LogP contribution in [0.25, 0.3) is 0 Å². The van der Waals surface area contributed by atoms with Gasteiger partial charge in [-0.15, -0.1) is 11.3 Å². The molecule has 4 nitrogen and oxygen atoms in total. The lowest BCUT2D eigenvalue weighted by Gasteiger charge is -2.19. The summed E-state index contributed by atoms with van der Waals surface area (Å²) in [4.78, 5) is 12.7. The van der Waals surface area contributed by atoms with Gasteiger partial charge < -0.3 is 5.11 Å². The smallest absolute Gasteiger partial charge is 0.245 e. The van der Waals surface area contributed by atoms with Gasteiger partial charge in [0.05, 0.1) is 12.6 Å². The van der Waals surface area contributed by atoms with Crippen LogP contribution in [0.2, 0.25) is 0 Å². The van der Waals surface area contributed by atoms with Crippen LogP contribution in [0.1, 0.15) is 36.8 Å². The molecule has 116 valence electrons. The number of carbonyl (C=O) groups is 1. The number of hydrazone groups is 1. The SMILES string of the molecule is CC(C)(C)c1ccc(O)c(C=NNC(=O)Cc2cccs2)c1. The molecule has 0 aliphatic carbocycles. The molecule has 0 aliphatic heterocycles. The number of amides is 1. The van der Waals surface area contributed by atoms with Crippen LogP contribution >= 0.6 is 11.3 Å². The monoisotopic (exact) mass is 316 g/mol. The number of nitrogens with zero attached hydrogens (tertiary/aromatic N) is 1. The minimum atomic E-state index is -0.176. The lowest BCUT2D eigenvalue weighted by atomic mass is 9.86. The van der Waals surface area contributed by atoms with Crippen LogP contribution < -0.4 is 5.43 Å². The van der Waals surface area contributed by atoms with Crippen molar-refractivity contribution in [1.82, 2.24) is 5.43 Å². The maximum Gasteiger partial charge on any atom is 0.245 e. The predicted molar refractivity (Wildman–Crippen MR) is 90.6 cm³/mol. The molecule has 5 heteroatoms. The Hall–Kier alpha value is -2.14. The highest BCUT2D eigenvalue weighted by molar-refractivity contribution is 7.10. The Morgan fingerprint density at radius 2 is 2.14 bits per heavy atom. The van der Waals surface area contributed by atoms with Gasteiger partial charge >= 0.3 is 0 Å². The Labute approximate surface area is 134 Å². The summed E-state index contributed by atoms with van der Waals surface area (Å²) in [6, 6.07) is 9.24. The number of phenolic OH excluding ortho intramolecular Hbond substituents is 1. The number of phenols is 1.